The van der Waals surface area contributed by atoms with E-state index in [9.17, 15) is 8.78 Å². The Hall–Kier alpha value is -1.40. The maximum atomic E-state index is 12.5. The SMILES string of the molecule is COc1ccc(CN2CCC(C3CCCN3)CC2)cc1OC(F)F. The number of methoxy groups -OCH3 is 1. The molecule has 2 saturated heterocycles. The van der Waals surface area contributed by atoms with E-state index in [-0.39, 0.29) is 5.75 Å². The molecule has 0 aromatic heterocycles. The lowest BCUT2D eigenvalue weighted by molar-refractivity contribution is -0.0512. The molecule has 2 fully saturated rings. The Morgan fingerprint density at radius 1 is 1.21 bits per heavy atom. The van der Waals surface area contributed by atoms with Crippen molar-refractivity contribution in [1.82, 2.24) is 10.2 Å². The van der Waals surface area contributed by atoms with Crippen molar-refractivity contribution < 1.29 is 18.3 Å². The number of hydrogen-bond acceptors (Lipinski definition) is 4. The highest BCUT2D eigenvalue weighted by atomic mass is 19.3. The Morgan fingerprint density at radius 2 is 2.00 bits per heavy atom. The second-order valence-corrected chi connectivity index (χ2v) is 6.68. The average Bonchev–Trinajstić information content (AvgIpc) is 3.10. The number of nitrogens with zero attached hydrogens (tertiary/aromatic N) is 1. The largest absolute Gasteiger partial charge is 0.493 e. The summed E-state index contributed by atoms with van der Waals surface area (Å²) in [5.74, 6) is 1.22. The van der Waals surface area contributed by atoms with Gasteiger partial charge in [-0.05, 0) is 68.9 Å². The number of rotatable bonds is 6. The van der Waals surface area contributed by atoms with Crippen LogP contribution in [0.3, 0.4) is 0 Å². The van der Waals surface area contributed by atoms with Gasteiger partial charge in [-0.3, -0.25) is 4.90 Å². The fourth-order valence-electron chi connectivity index (χ4n) is 3.89. The van der Waals surface area contributed by atoms with Gasteiger partial charge in [0.1, 0.15) is 0 Å². The monoisotopic (exact) mass is 340 g/mol. The Kier molecular flexibility index (Phi) is 5.89. The lowest BCUT2D eigenvalue weighted by atomic mass is 9.88. The molecule has 2 heterocycles. The Balaban J connectivity index is 1.56. The molecule has 0 radical (unpaired) electrons. The van der Waals surface area contributed by atoms with E-state index in [1.807, 2.05) is 6.07 Å². The highest BCUT2D eigenvalue weighted by molar-refractivity contribution is 5.43. The summed E-state index contributed by atoms with van der Waals surface area (Å²) < 4.78 is 34.7. The zero-order valence-electron chi connectivity index (χ0n) is 14.1. The maximum absolute atomic E-state index is 12.5. The van der Waals surface area contributed by atoms with E-state index < -0.39 is 6.61 Å². The molecule has 2 aliphatic rings. The van der Waals surface area contributed by atoms with Crippen LogP contribution in [0.2, 0.25) is 0 Å². The van der Waals surface area contributed by atoms with E-state index in [0.717, 1.165) is 37.7 Å². The maximum Gasteiger partial charge on any atom is 0.387 e. The average molecular weight is 340 g/mol. The van der Waals surface area contributed by atoms with Crippen molar-refractivity contribution in [3.8, 4) is 11.5 Å². The Bertz CT molecular complexity index is 528. The molecule has 1 aromatic carbocycles. The first kappa shape index (κ1) is 17.4. The number of hydrogen-bond donors (Lipinski definition) is 1. The van der Waals surface area contributed by atoms with Gasteiger partial charge in [0.2, 0.25) is 0 Å². The van der Waals surface area contributed by atoms with Crippen LogP contribution >= 0.6 is 0 Å². The molecule has 3 rings (SSSR count). The number of nitrogens with one attached hydrogen (secondary N) is 1. The van der Waals surface area contributed by atoms with Gasteiger partial charge >= 0.3 is 6.61 Å². The standard InChI is InChI=1S/C18H26F2N2O2/c1-23-16-5-4-13(11-17(16)24-18(19)20)12-22-9-6-14(7-10-22)15-3-2-8-21-15/h4-5,11,14-15,18,21H,2-3,6-10,12H2,1H3. The smallest absolute Gasteiger partial charge is 0.387 e. The molecule has 2 aliphatic heterocycles. The van der Waals surface area contributed by atoms with E-state index in [1.165, 1.54) is 32.8 Å². The third kappa shape index (κ3) is 4.36. The molecule has 1 atom stereocenters. The summed E-state index contributed by atoms with van der Waals surface area (Å²) in [5, 5.41) is 3.61. The van der Waals surface area contributed by atoms with E-state index >= 15 is 0 Å². The number of alkyl halides is 2. The molecule has 0 aliphatic carbocycles. The highest BCUT2D eigenvalue weighted by Gasteiger charge is 2.28. The molecule has 24 heavy (non-hydrogen) atoms. The number of likely N-dealkylation sites (tertiary alicyclic amines) is 1. The molecule has 4 nitrogen and oxygen atoms in total. The minimum Gasteiger partial charge on any atom is -0.493 e. The first-order valence-electron chi connectivity index (χ1n) is 8.73. The van der Waals surface area contributed by atoms with Crippen molar-refractivity contribution in [3.05, 3.63) is 23.8 Å². The summed E-state index contributed by atoms with van der Waals surface area (Å²) >= 11 is 0. The summed E-state index contributed by atoms with van der Waals surface area (Å²) in [7, 11) is 1.45. The zero-order chi connectivity index (χ0) is 16.9. The van der Waals surface area contributed by atoms with Crippen LogP contribution in [-0.4, -0.2) is 44.3 Å². The zero-order valence-corrected chi connectivity index (χ0v) is 14.1. The molecule has 0 saturated carbocycles. The van der Waals surface area contributed by atoms with Gasteiger partial charge in [0.25, 0.3) is 0 Å². The molecule has 1 N–H and O–H groups in total. The lowest BCUT2D eigenvalue weighted by Gasteiger charge is -2.35. The fraction of sp³-hybridized carbons (Fsp3) is 0.667. The minimum absolute atomic E-state index is 0.107. The van der Waals surface area contributed by atoms with Crippen molar-refractivity contribution >= 4 is 0 Å². The molecular weight excluding hydrogens is 314 g/mol. The summed E-state index contributed by atoms with van der Waals surface area (Å²) in [4.78, 5) is 2.39. The fourth-order valence-corrected chi connectivity index (χ4v) is 3.89. The van der Waals surface area contributed by atoms with Crippen LogP contribution in [0.15, 0.2) is 18.2 Å². The lowest BCUT2D eigenvalue weighted by Crippen LogP contribution is -2.40. The number of halogens is 2. The van der Waals surface area contributed by atoms with Gasteiger partial charge in [-0.1, -0.05) is 6.07 Å². The summed E-state index contributed by atoms with van der Waals surface area (Å²) in [6.07, 6.45) is 5.00. The van der Waals surface area contributed by atoms with Gasteiger partial charge in [-0.2, -0.15) is 8.78 Å². The highest BCUT2D eigenvalue weighted by Crippen LogP contribution is 2.31. The quantitative estimate of drug-likeness (QED) is 0.862. The van der Waals surface area contributed by atoms with E-state index in [2.05, 4.69) is 15.0 Å². The number of ether oxygens (including phenoxy) is 2. The van der Waals surface area contributed by atoms with E-state index in [1.54, 1.807) is 12.1 Å². The summed E-state index contributed by atoms with van der Waals surface area (Å²) in [6.45, 7) is 1.18. The molecule has 0 spiro atoms. The second kappa shape index (κ2) is 8.12. The van der Waals surface area contributed by atoms with Crippen LogP contribution in [0.1, 0.15) is 31.2 Å². The van der Waals surface area contributed by atoms with Gasteiger partial charge in [0, 0.05) is 12.6 Å². The van der Waals surface area contributed by atoms with Crippen LogP contribution in [0.25, 0.3) is 0 Å². The predicted molar refractivity (Wildman–Crippen MR) is 88.7 cm³/mol. The Morgan fingerprint density at radius 3 is 2.62 bits per heavy atom. The molecule has 0 amide bonds. The van der Waals surface area contributed by atoms with Crippen molar-refractivity contribution in [3.63, 3.8) is 0 Å². The first-order valence-corrected chi connectivity index (χ1v) is 8.73. The van der Waals surface area contributed by atoms with Crippen LogP contribution in [0, 0.1) is 5.92 Å². The molecule has 0 bridgehead atoms. The summed E-state index contributed by atoms with van der Waals surface area (Å²) in [6, 6.07) is 5.97. The van der Waals surface area contributed by atoms with Gasteiger partial charge in [-0.15, -0.1) is 0 Å². The van der Waals surface area contributed by atoms with Crippen molar-refractivity contribution in [2.24, 2.45) is 5.92 Å². The van der Waals surface area contributed by atoms with Crippen LogP contribution in [0.5, 0.6) is 11.5 Å². The summed E-state index contributed by atoms with van der Waals surface area (Å²) in [5.41, 5.74) is 0.976. The topological polar surface area (TPSA) is 33.7 Å². The Labute approximate surface area is 142 Å². The van der Waals surface area contributed by atoms with Gasteiger partial charge in [-0.25, -0.2) is 0 Å². The van der Waals surface area contributed by atoms with E-state index in [4.69, 9.17) is 4.74 Å². The van der Waals surface area contributed by atoms with Crippen LogP contribution in [0.4, 0.5) is 8.78 Å². The molecule has 1 unspecified atom stereocenters. The number of benzene rings is 1. The first-order chi connectivity index (χ1) is 11.7. The van der Waals surface area contributed by atoms with Crippen LogP contribution < -0.4 is 14.8 Å². The van der Waals surface area contributed by atoms with Gasteiger partial charge < -0.3 is 14.8 Å². The van der Waals surface area contributed by atoms with Crippen LogP contribution in [-0.2, 0) is 6.54 Å². The third-order valence-corrected chi connectivity index (χ3v) is 5.15. The molecule has 134 valence electrons. The van der Waals surface area contributed by atoms with Crippen molar-refractivity contribution in [2.45, 2.75) is 44.9 Å². The van der Waals surface area contributed by atoms with Crippen molar-refractivity contribution in [2.75, 3.05) is 26.7 Å². The van der Waals surface area contributed by atoms with E-state index in [0.29, 0.717) is 11.8 Å². The predicted octanol–water partition coefficient (Wildman–Crippen LogP) is 3.26. The van der Waals surface area contributed by atoms with Crippen molar-refractivity contribution in [1.29, 1.82) is 0 Å². The molecule has 1 aromatic rings. The number of piperidine rings is 1. The van der Waals surface area contributed by atoms with Gasteiger partial charge in [0.15, 0.2) is 11.5 Å². The molecule has 6 heteroatoms. The normalized spacial score (nSPS) is 22.9. The minimum atomic E-state index is -2.84. The second-order valence-electron chi connectivity index (χ2n) is 6.68. The van der Waals surface area contributed by atoms with Gasteiger partial charge in [0.05, 0.1) is 7.11 Å². The third-order valence-electron chi connectivity index (χ3n) is 5.15. The molecular formula is C18H26F2N2O2.